The Morgan fingerprint density at radius 1 is 1.65 bits per heavy atom. The molecule has 1 aromatic rings. The SMILES string of the molecule is CN(C)C(=O)COC1CN(Cc2cnc[nH]2)C1. The Bertz CT molecular complexity index is 358. The summed E-state index contributed by atoms with van der Waals surface area (Å²) in [4.78, 5) is 22.1. The Labute approximate surface area is 101 Å². The van der Waals surface area contributed by atoms with Gasteiger partial charge in [-0.25, -0.2) is 4.98 Å². The van der Waals surface area contributed by atoms with Crippen molar-refractivity contribution in [1.82, 2.24) is 19.8 Å². The first-order valence-electron chi connectivity index (χ1n) is 5.66. The molecule has 2 rings (SSSR count). The number of likely N-dealkylation sites (N-methyl/N-ethyl adjacent to an activating group) is 1. The quantitative estimate of drug-likeness (QED) is 0.765. The molecule has 17 heavy (non-hydrogen) atoms. The van der Waals surface area contributed by atoms with Crippen LogP contribution in [-0.2, 0) is 16.1 Å². The standard InChI is InChI=1S/C11H18N4O2/c1-14(2)11(16)7-17-10-5-15(6-10)4-9-3-12-8-13-9/h3,8,10H,4-7H2,1-2H3,(H,12,13). The van der Waals surface area contributed by atoms with Crippen molar-refractivity contribution in [3.05, 3.63) is 18.2 Å². The lowest BCUT2D eigenvalue weighted by Gasteiger charge is -2.38. The van der Waals surface area contributed by atoms with Gasteiger partial charge in [0.2, 0.25) is 5.91 Å². The number of amides is 1. The molecule has 1 fully saturated rings. The molecule has 0 unspecified atom stereocenters. The molecular weight excluding hydrogens is 220 g/mol. The number of H-pyrrole nitrogens is 1. The zero-order valence-electron chi connectivity index (χ0n) is 10.2. The van der Waals surface area contributed by atoms with Crippen LogP contribution in [0.3, 0.4) is 0 Å². The van der Waals surface area contributed by atoms with E-state index in [2.05, 4.69) is 14.9 Å². The minimum Gasteiger partial charge on any atom is -0.366 e. The van der Waals surface area contributed by atoms with Gasteiger partial charge in [0, 0.05) is 45.6 Å². The zero-order valence-corrected chi connectivity index (χ0v) is 10.2. The molecule has 94 valence electrons. The second-order valence-corrected chi connectivity index (χ2v) is 4.49. The van der Waals surface area contributed by atoms with Gasteiger partial charge >= 0.3 is 0 Å². The van der Waals surface area contributed by atoms with Crippen LogP contribution in [0.1, 0.15) is 5.69 Å². The maximum absolute atomic E-state index is 11.3. The first-order valence-corrected chi connectivity index (χ1v) is 5.66. The van der Waals surface area contributed by atoms with Crippen molar-refractivity contribution in [2.75, 3.05) is 33.8 Å². The van der Waals surface area contributed by atoms with Crippen LogP contribution < -0.4 is 0 Å². The maximum Gasteiger partial charge on any atom is 0.248 e. The molecule has 0 atom stereocenters. The summed E-state index contributed by atoms with van der Waals surface area (Å²) in [7, 11) is 3.47. The Kier molecular flexibility index (Phi) is 3.75. The third kappa shape index (κ3) is 3.28. The van der Waals surface area contributed by atoms with Gasteiger partial charge in [-0.3, -0.25) is 9.69 Å². The molecule has 0 aromatic carbocycles. The van der Waals surface area contributed by atoms with Gasteiger partial charge in [-0.15, -0.1) is 0 Å². The third-order valence-electron chi connectivity index (χ3n) is 2.81. The Hall–Kier alpha value is -1.40. The highest BCUT2D eigenvalue weighted by atomic mass is 16.5. The van der Waals surface area contributed by atoms with Crippen LogP contribution in [0.4, 0.5) is 0 Å². The van der Waals surface area contributed by atoms with Gasteiger partial charge in [0.1, 0.15) is 6.61 Å². The Morgan fingerprint density at radius 3 is 3.00 bits per heavy atom. The topological polar surface area (TPSA) is 61.5 Å². The van der Waals surface area contributed by atoms with E-state index in [0.717, 1.165) is 25.3 Å². The average Bonchev–Trinajstić information content (AvgIpc) is 2.73. The van der Waals surface area contributed by atoms with E-state index in [9.17, 15) is 4.79 Å². The molecule has 0 bridgehead atoms. The minimum atomic E-state index is 0.0111. The zero-order chi connectivity index (χ0) is 12.3. The number of hydrogen-bond acceptors (Lipinski definition) is 4. The van der Waals surface area contributed by atoms with E-state index in [-0.39, 0.29) is 18.6 Å². The predicted molar refractivity (Wildman–Crippen MR) is 62.3 cm³/mol. The number of carbonyl (C=O) groups is 1. The van der Waals surface area contributed by atoms with Crippen LogP contribution >= 0.6 is 0 Å². The number of hydrogen-bond donors (Lipinski definition) is 1. The van der Waals surface area contributed by atoms with Gasteiger partial charge in [-0.1, -0.05) is 0 Å². The molecule has 1 aliphatic heterocycles. The summed E-state index contributed by atoms with van der Waals surface area (Å²) in [6, 6.07) is 0. The lowest BCUT2D eigenvalue weighted by atomic mass is 10.1. The van der Waals surface area contributed by atoms with Crippen LogP contribution in [0.2, 0.25) is 0 Å². The molecular formula is C11H18N4O2. The summed E-state index contributed by atoms with van der Waals surface area (Å²) in [6.07, 6.45) is 3.68. The number of nitrogens with one attached hydrogen (secondary N) is 1. The number of rotatable bonds is 5. The van der Waals surface area contributed by atoms with Gasteiger partial charge in [0.15, 0.2) is 0 Å². The number of aromatic nitrogens is 2. The molecule has 6 heteroatoms. The van der Waals surface area contributed by atoms with Crippen LogP contribution in [0, 0.1) is 0 Å². The summed E-state index contributed by atoms with van der Waals surface area (Å²) < 4.78 is 5.49. The van der Waals surface area contributed by atoms with E-state index in [0.29, 0.717) is 0 Å². The summed E-state index contributed by atoms with van der Waals surface area (Å²) in [5.74, 6) is 0.0111. The number of nitrogens with zero attached hydrogens (tertiary/aromatic N) is 3. The van der Waals surface area contributed by atoms with Crippen LogP contribution in [0.15, 0.2) is 12.5 Å². The van der Waals surface area contributed by atoms with Gasteiger partial charge in [-0.05, 0) is 0 Å². The highest BCUT2D eigenvalue weighted by Crippen LogP contribution is 2.14. The fourth-order valence-corrected chi connectivity index (χ4v) is 1.69. The fraction of sp³-hybridized carbons (Fsp3) is 0.636. The van der Waals surface area contributed by atoms with Gasteiger partial charge < -0.3 is 14.6 Å². The molecule has 0 spiro atoms. The molecule has 1 saturated heterocycles. The fourth-order valence-electron chi connectivity index (χ4n) is 1.69. The third-order valence-corrected chi connectivity index (χ3v) is 2.81. The second kappa shape index (κ2) is 5.29. The van der Waals surface area contributed by atoms with Gasteiger partial charge in [0.25, 0.3) is 0 Å². The van der Waals surface area contributed by atoms with Crippen molar-refractivity contribution >= 4 is 5.91 Å². The van der Waals surface area contributed by atoms with E-state index in [1.165, 1.54) is 0 Å². The van der Waals surface area contributed by atoms with E-state index in [1.54, 1.807) is 25.3 Å². The maximum atomic E-state index is 11.3. The molecule has 1 N–H and O–H groups in total. The van der Waals surface area contributed by atoms with E-state index in [4.69, 9.17) is 4.74 Å². The van der Waals surface area contributed by atoms with Crippen molar-refractivity contribution in [3.8, 4) is 0 Å². The van der Waals surface area contributed by atoms with Crippen molar-refractivity contribution in [3.63, 3.8) is 0 Å². The Morgan fingerprint density at radius 2 is 2.41 bits per heavy atom. The van der Waals surface area contributed by atoms with Crippen molar-refractivity contribution in [2.24, 2.45) is 0 Å². The predicted octanol–water partition coefficient (Wildman–Crippen LogP) is -0.301. The molecule has 0 saturated carbocycles. The molecule has 1 aromatic heterocycles. The van der Waals surface area contributed by atoms with Crippen molar-refractivity contribution in [2.45, 2.75) is 12.6 Å². The van der Waals surface area contributed by atoms with E-state index < -0.39 is 0 Å². The normalized spacial score (nSPS) is 16.8. The smallest absolute Gasteiger partial charge is 0.248 e. The lowest BCUT2D eigenvalue weighted by molar-refractivity contribution is -0.140. The van der Waals surface area contributed by atoms with E-state index in [1.807, 2.05) is 6.20 Å². The number of carbonyl (C=O) groups excluding carboxylic acids is 1. The molecule has 6 nitrogen and oxygen atoms in total. The summed E-state index contributed by atoms with van der Waals surface area (Å²) in [6.45, 7) is 2.79. The summed E-state index contributed by atoms with van der Waals surface area (Å²) >= 11 is 0. The van der Waals surface area contributed by atoms with Gasteiger partial charge in [-0.2, -0.15) is 0 Å². The minimum absolute atomic E-state index is 0.0111. The number of likely N-dealkylation sites (tertiary alicyclic amines) is 1. The number of aromatic amines is 1. The first kappa shape index (κ1) is 12.1. The average molecular weight is 238 g/mol. The lowest BCUT2D eigenvalue weighted by Crippen LogP contribution is -2.52. The highest BCUT2D eigenvalue weighted by molar-refractivity contribution is 5.76. The molecule has 2 heterocycles. The second-order valence-electron chi connectivity index (χ2n) is 4.49. The number of imidazole rings is 1. The molecule has 0 aliphatic carbocycles. The highest BCUT2D eigenvalue weighted by Gasteiger charge is 2.28. The molecule has 1 amide bonds. The van der Waals surface area contributed by atoms with Crippen molar-refractivity contribution < 1.29 is 9.53 Å². The summed E-state index contributed by atoms with van der Waals surface area (Å²) in [5, 5.41) is 0. The van der Waals surface area contributed by atoms with Gasteiger partial charge in [0.05, 0.1) is 12.4 Å². The van der Waals surface area contributed by atoms with Crippen LogP contribution in [-0.4, -0.2) is 65.6 Å². The van der Waals surface area contributed by atoms with Crippen LogP contribution in [0.25, 0.3) is 0 Å². The molecule has 1 aliphatic rings. The van der Waals surface area contributed by atoms with Crippen molar-refractivity contribution in [1.29, 1.82) is 0 Å². The first-order chi connectivity index (χ1) is 8.15. The summed E-state index contributed by atoms with van der Waals surface area (Å²) in [5.41, 5.74) is 1.10. The van der Waals surface area contributed by atoms with E-state index >= 15 is 0 Å². The Balaban J connectivity index is 1.61. The van der Waals surface area contributed by atoms with Crippen LogP contribution in [0.5, 0.6) is 0 Å². The monoisotopic (exact) mass is 238 g/mol. The number of ether oxygens (including phenoxy) is 1. The molecule has 0 radical (unpaired) electrons. The largest absolute Gasteiger partial charge is 0.366 e.